The van der Waals surface area contributed by atoms with Crippen molar-refractivity contribution in [3.8, 4) is 11.5 Å². The van der Waals surface area contributed by atoms with Gasteiger partial charge in [-0.15, -0.1) is 0 Å². The number of hydrogen-bond donors (Lipinski definition) is 3. The van der Waals surface area contributed by atoms with Gasteiger partial charge in [0.15, 0.2) is 0 Å². The fourth-order valence-electron chi connectivity index (χ4n) is 5.71. The third-order valence-corrected chi connectivity index (χ3v) is 7.73. The Kier molecular flexibility index (Phi) is 9.69. The van der Waals surface area contributed by atoms with Gasteiger partial charge in [-0.1, -0.05) is 23.3 Å². The number of nitrogens with one attached hydrogen (secondary N) is 3. The number of nitrogens with zero attached hydrogens (tertiary/aromatic N) is 4. The molecule has 11 nitrogen and oxygen atoms in total. The van der Waals surface area contributed by atoms with Gasteiger partial charge in [0.2, 0.25) is 5.95 Å². The van der Waals surface area contributed by atoms with Gasteiger partial charge in [0.05, 0.1) is 32.1 Å². The second kappa shape index (κ2) is 13.8. The zero-order valence-electron chi connectivity index (χ0n) is 23.6. The number of aromatic amines is 1. The molecule has 0 amide bonds. The molecule has 1 aromatic heterocycles. The highest BCUT2D eigenvalue weighted by molar-refractivity contribution is 5.61. The van der Waals surface area contributed by atoms with Crippen LogP contribution in [0, 0.1) is 0 Å². The summed E-state index contributed by atoms with van der Waals surface area (Å²) in [6, 6.07) is 15.3. The van der Waals surface area contributed by atoms with Crippen molar-refractivity contribution in [2.75, 3.05) is 57.3 Å². The smallest absolute Gasteiger partial charge is 0.240 e. The lowest BCUT2D eigenvalue weighted by Gasteiger charge is -2.38. The monoisotopic (exact) mass is 551 g/mol. The summed E-state index contributed by atoms with van der Waals surface area (Å²) >= 11 is 0. The first kappa shape index (κ1) is 28.1. The number of fused-ring (bicyclic) bond motifs is 1. The molecule has 0 aliphatic carbocycles. The largest absolute Gasteiger partial charge is 0.497 e. The second-order valence-electron chi connectivity index (χ2n) is 10.6. The molecule has 0 radical (unpaired) electrons. The van der Waals surface area contributed by atoms with Gasteiger partial charge >= 0.3 is 0 Å². The fourth-order valence-corrected chi connectivity index (χ4v) is 5.71. The van der Waals surface area contributed by atoms with Crippen LogP contribution in [0.15, 0.2) is 42.5 Å². The molecule has 3 heterocycles. The Balaban J connectivity index is 1.25. The summed E-state index contributed by atoms with van der Waals surface area (Å²) in [4.78, 5) is 2.39. The number of methoxy groups -OCH3 is 2. The summed E-state index contributed by atoms with van der Waals surface area (Å²) in [5, 5.41) is 21.1. The van der Waals surface area contributed by atoms with Crippen LogP contribution in [0.4, 0.5) is 11.6 Å². The lowest BCUT2D eigenvalue weighted by molar-refractivity contribution is 0.00201. The Hall–Kier alpha value is -3.41. The van der Waals surface area contributed by atoms with Gasteiger partial charge in [-0.05, 0) is 72.0 Å². The molecule has 5 rings (SSSR count). The topological polar surface area (TPSA) is 119 Å². The van der Waals surface area contributed by atoms with E-state index < -0.39 is 0 Å². The van der Waals surface area contributed by atoms with E-state index in [1.165, 1.54) is 5.56 Å². The molecule has 11 heteroatoms. The number of H-pyrrole nitrogens is 1. The van der Waals surface area contributed by atoms with Crippen LogP contribution in [-0.4, -0.2) is 85.9 Å². The van der Waals surface area contributed by atoms with Crippen LogP contribution in [0.25, 0.3) is 0 Å². The van der Waals surface area contributed by atoms with Crippen molar-refractivity contribution in [1.82, 2.24) is 25.9 Å². The molecule has 3 aromatic rings. The SMILES string of the molecule is COCCCN1CCOc2ccc(CO[C@H]3CNC(CC(C)Nc4nnn[nH]4)C[C@@H]3c3ccc(OC)cc3)cc21. The number of hydrogen-bond acceptors (Lipinski definition) is 10. The van der Waals surface area contributed by atoms with Crippen molar-refractivity contribution < 1.29 is 18.9 Å². The lowest BCUT2D eigenvalue weighted by atomic mass is 9.82. The van der Waals surface area contributed by atoms with Gasteiger partial charge in [0.25, 0.3) is 0 Å². The molecule has 1 saturated heterocycles. The molecule has 2 aliphatic heterocycles. The van der Waals surface area contributed by atoms with E-state index >= 15 is 0 Å². The van der Waals surface area contributed by atoms with E-state index in [1.807, 2.05) is 12.1 Å². The normalized spacial score (nSPS) is 21.4. The number of anilines is 2. The minimum absolute atomic E-state index is 0.0384. The molecule has 40 heavy (non-hydrogen) atoms. The summed E-state index contributed by atoms with van der Waals surface area (Å²) in [7, 11) is 3.44. The molecule has 1 fully saturated rings. The molecular formula is C29H41N7O4. The zero-order valence-corrected chi connectivity index (χ0v) is 23.6. The third-order valence-electron chi connectivity index (χ3n) is 7.73. The highest BCUT2D eigenvalue weighted by atomic mass is 16.5. The second-order valence-corrected chi connectivity index (χ2v) is 10.6. The number of aromatic nitrogens is 4. The van der Waals surface area contributed by atoms with Crippen LogP contribution in [0.5, 0.6) is 11.5 Å². The van der Waals surface area contributed by atoms with Crippen molar-refractivity contribution in [3.63, 3.8) is 0 Å². The standard InChI is InChI=1S/C29H41N7O4/c1-20(31-29-32-34-35-33-29)15-23-17-25(22-6-8-24(38-3)9-7-22)28(18-30-23)40-19-21-5-10-27-26(16-21)36(12-14-39-27)11-4-13-37-2/h5-10,16,20,23,25,28,30H,4,11-15,17-19H2,1-3H3,(H2,31,32,33,34,35)/t20?,23?,25-,28+/m1/s1. The first-order chi connectivity index (χ1) is 19.6. The summed E-state index contributed by atoms with van der Waals surface area (Å²) in [6.07, 6.45) is 2.92. The van der Waals surface area contributed by atoms with Crippen molar-refractivity contribution in [2.45, 2.75) is 56.9 Å². The number of benzene rings is 2. The van der Waals surface area contributed by atoms with E-state index in [1.54, 1.807) is 14.2 Å². The summed E-state index contributed by atoms with van der Waals surface area (Å²) in [5.74, 6) is 2.64. The molecule has 0 bridgehead atoms. The van der Waals surface area contributed by atoms with E-state index in [0.717, 1.165) is 68.3 Å². The van der Waals surface area contributed by atoms with E-state index in [9.17, 15) is 0 Å². The van der Waals surface area contributed by atoms with E-state index in [0.29, 0.717) is 25.2 Å². The summed E-state index contributed by atoms with van der Waals surface area (Å²) in [5.41, 5.74) is 3.55. The van der Waals surface area contributed by atoms with Crippen LogP contribution in [0.3, 0.4) is 0 Å². The molecule has 3 N–H and O–H groups in total. The number of tetrazole rings is 1. The predicted molar refractivity (Wildman–Crippen MR) is 153 cm³/mol. The number of ether oxygens (including phenoxy) is 4. The lowest BCUT2D eigenvalue weighted by Crippen LogP contribution is -2.48. The van der Waals surface area contributed by atoms with Gasteiger partial charge in [-0.25, -0.2) is 5.10 Å². The molecule has 2 aliphatic rings. The van der Waals surface area contributed by atoms with E-state index in [-0.39, 0.29) is 18.1 Å². The van der Waals surface area contributed by atoms with Gasteiger partial charge < -0.3 is 34.5 Å². The first-order valence-corrected chi connectivity index (χ1v) is 14.1. The Morgan fingerprint density at radius 3 is 2.83 bits per heavy atom. The first-order valence-electron chi connectivity index (χ1n) is 14.1. The summed E-state index contributed by atoms with van der Waals surface area (Å²) in [6.45, 7) is 6.75. The van der Waals surface area contributed by atoms with E-state index in [2.05, 4.69) is 73.4 Å². The van der Waals surface area contributed by atoms with Gasteiger partial charge in [0.1, 0.15) is 18.1 Å². The molecule has 2 aromatic carbocycles. The number of piperidine rings is 1. The highest BCUT2D eigenvalue weighted by Crippen LogP contribution is 2.35. The van der Waals surface area contributed by atoms with Crippen LogP contribution >= 0.6 is 0 Å². The molecular weight excluding hydrogens is 510 g/mol. The van der Waals surface area contributed by atoms with Crippen LogP contribution in [0.1, 0.15) is 43.2 Å². The van der Waals surface area contributed by atoms with Crippen LogP contribution < -0.4 is 25.0 Å². The zero-order chi connectivity index (χ0) is 27.7. The molecule has 0 spiro atoms. The van der Waals surface area contributed by atoms with Gasteiger partial charge in [0, 0.05) is 44.8 Å². The average molecular weight is 552 g/mol. The average Bonchev–Trinajstić information content (AvgIpc) is 3.49. The van der Waals surface area contributed by atoms with E-state index in [4.69, 9.17) is 18.9 Å². The Bertz CT molecular complexity index is 1180. The minimum Gasteiger partial charge on any atom is -0.497 e. The maximum absolute atomic E-state index is 6.64. The minimum atomic E-state index is 0.0384. The highest BCUT2D eigenvalue weighted by Gasteiger charge is 2.33. The van der Waals surface area contributed by atoms with Crippen molar-refractivity contribution in [2.24, 2.45) is 0 Å². The van der Waals surface area contributed by atoms with Gasteiger partial charge in [-0.2, -0.15) is 0 Å². The van der Waals surface area contributed by atoms with Crippen LogP contribution in [-0.2, 0) is 16.1 Å². The third kappa shape index (κ3) is 7.21. The fraction of sp³-hybridized carbons (Fsp3) is 0.552. The summed E-state index contributed by atoms with van der Waals surface area (Å²) < 4.78 is 23.2. The van der Waals surface area contributed by atoms with Crippen molar-refractivity contribution in [3.05, 3.63) is 53.6 Å². The molecule has 0 saturated carbocycles. The van der Waals surface area contributed by atoms with Crippen molar-refractivity contribution >= 4 is 11.6 Å². The maximum Gasteiger partial charge on any atom is 0.240 e. The predicted octanol–water partition coefficient (Wildman–Crippen LogP) is 3.37. The van der Waals surface area contributed by atoms with Crippen LogP contribution in [0.2, 0.25) is 0 Å². The maximum atomic E-state index is 6.64. The Morgan fingerprint density at radius 1 is 1.18 bits per heavy atom. The van der Waals surface area contributed by atoms with Gasteiger partial charge in [-0.3, -0.25) is 0 Å². The molecule has 216 valence electrons. The Labute approximate surface area is 235 Å². The molecule has 2 unspecified atom stereocenters. The number of rotatable bonds is 13. The quantitative estimate of drug-likeness (QED) is 0.273. The Morgan fingerprint density at radius 2 is 2.05 bits per heavy atom. The molecule has 4 atom stereocenters. The van der Waals surface area contributed by atoms with Crippen molar-refractivity contribution in [1.29, 1.82) is 0 Å².